The lowest BCUT2D eigenvalue weighted by Crippen LogP contribution is -2.27. The molecule has 1 heterocycles. The van der Waals surface area contributed by atoms with Crippen molar-refractivity contribution >= 4 is 12.0 Å². The number of amides is 2. The number of benzene rings is 2. The van der Waals surface area contributed by atoms with Crippen LogP contribution in [0, 0.1) is 18.7 Å². The number of rotatable bonds is 8. The van der Waals surface area contributed by atoms with Crippen LogP contribution in [0.2, 0.25) is 0 Å². The van der Waals surface area contributed by atoms with Crippen molar-refractivity contribution in [1.82, 2.24) is 14.5 Å². The van der Waals surface area contributed by atoms with E-state index >= 15 is 0 Å². The second kappa shape index (κ2) is 10.2. The Morgan fingerprint density at radius 2 is 2.00 bits per heavy atom. The molecule has 1 aromatic heterocycles. The van der Waals surface area contributed by atoms with E-state index in [1.54, 1.807) is 59.8 Å². The molecule has 1 aliphatic rings. The summed E-state index contributed by atoms with van der Waals surface area (Å²) in [5.41, 5.74) is 2.79. The molecule has 184 valence electrons. The molecule has 1 aliphatic carbocycles. The minimum absolute atomic E-state index is 0.271. The smallest absolute Gasteiger partial charge is 0.434 e. The molecule has 2 amide bonds. The molecule has 1 unspecified atom stereocenters. The van der Waals surface area contributed by atoms with E-state index in [0.717, 1.165) is 24.0 Å². The maximum absolute atomic E-state index is 13.6. The number of carboxylic acid groups (broad SMARTS) is 1. The summed E-state index contributed by atoms with van der Waals surface area (Å²) in [5, 5.41) is 12.1. The number of halogens is 1. The quantitative estimate of drug-likeness (QED) is 0.505. The van der Waals surface area contributed by atoms with Crippen molar-refractivity contribution in [3.8, 4) is 5.75 Å². The monoisotopic (exact) mass is 480 g/mol. The van der Waals surface area contributed by atoms with Gasteiger partial charge in [0.15, 0.2) is 0 Å². The molecule has 1 saturated carbocycles. The number of hydrogen-bond donors (Lipinski definition) is 2. The number of hydrogen-bond acceptors (Lipinski definition) is 3. The van der Waals surface area contributed by atoms with Gasteiger partial charge in [0.05, 0.1) is 19.2 Å². The summed E-state index contributed by atoms with van der Waals surface area (Å²) < 4.78 is 22.9. The minimum Gasteiger partial charge on any atom is -0.493 e. The summed E-state index contributed by atoms with van der Waals surface area (Å²) in [6, 6.07) is 9.78. The molecule has 3 aromatic rings. The topological polar surface area (TPSA) is 97.9 Å². The normalized spacial score (nSPS) is 14.6. The molecule has 4 rings (SSSR count). The summed E-state index contributed by atoms with van der Waals surface area (Å²) in [4.78, 5) is 28.0. The Morgan fingerprint density at radius 1 is 1.23 bits per heavy atom. The van der Waals surface area contributed by atoms with E-state index < -0.39 is 6.09 Å². The molecule has 2 aromatic carbocycles. The van der Waals surface area contributed by atoms with Crippen LogP contribution in [0.15, 0.2) is 53.8 Å². The van der Waals surface area contributed by atoms with Crippen molar-refractivity contribution in [1.29, 1.82) is 0 Å². The number of nitrogens with one attached hydrogen (secondary N) is 1. The first kappa shape index (κ1) is 24.3. The number of ether oxygens (including phenoxy) is 1. The van der Waals surface area contributed by atoms with E-state index in [4.69, 9.17) is 9.84 Å². The maximum atomic E-state index is 13.6. The van der Waals surface area contributed by atoms with Gasteiger partial charge in [0.2, 0.25) is 5.62 Å². The highest BCUT2D eigenvalue weighted by atomic mass is 19.1. The molecule has 0 aliphatic heterocycles. The minimum atomic E-state index is -1.29. The average molecular weight is 481 g/mol. The molecule has 0 saturated heterocycles. The standard InChI is InChI=1S/C26H29FN4O4/c1-16-10-20(6-7-23(16)27)17(2)28-24(32)21-11-19(12-22(13-21)35-15-18-4-5-18)14-31-9-8-30(3)25(31)29-26(33)34/h6-13,17-18H,4-5,14-15H2,1-3H3,(H,28,32)(H,33,34)/b29-25+. The van der Waals surface area contributed by atoms with Gasteiger partial charge in [0.1, 0.15) is 11.6 Å². The highest BCUT2D eigenvalue weighted by Crippen LogP contribution is 2.30. The second-order valence-corrected chi connectivity index (χ2v) is 9.06. The number of imidazole rings is 1. The molecule has 35 heavy (non-hydrogen) atoms. The zero-order chi connectivity index (χ0) is 25.1. The zero-order valence-corrected chi connectivity index (χ0v) is 20.0. The van der Waals surface area contributed by atoms with Crippen LogP contribution in [0.5, 0.6) is 5.75 Å². The maximum Gasteiger partial charge on any atom is 0.434 e. The van der Waals surface area contributed by atoms with Gasteiger partial charge in [-0.3, -0.25) is 4.79 Å². The number of aryl methyl sites for hydroxylation is 2. The fraction of sp³-hybridized carbons (Fsp3) is 0.346. The van der Waals surface area contributed by atoms with Gasteiger partial charge < -0.3 is 24.3 Å². The molecular formula is C26H29FN4O4. The van der Waals surface area contributed by atoms with Crippen LogP contribution in [0.25, 0.3) is 0 Å². The third-order valence-corrected chi connectivity index (χ3v) is 6.03. The summed E-state index contributed by atoms with van der Waals surface area (Å²) in [6.07, 6.45) is 4.45. The Labute approximate surface area is 202 Å². The van der Waals surface area contributed by atoms with Crippen molar-refractivity contribution in [2.45, 2.75) is 39.3 Å². The number of nitrogens with zero attached hydrogens (tertiary/aromatic N) is 3. The molecule has 2 N–H and O–H groups in total. The van der Waals surface area contributed by atoms with Crippen LogP contribution in [-0.4, -0.2) is 32.8 Å². The van der Waals surface area contributed by atoms with Gasteiger partial charge in [0.25, 0.3) is 5.91 Å². The Hall–Kier alpha value is -3.88. The summed E-state index contributed by atoms with van der Waals surface area (Å²) in [7, 11) is 1.71. The largest absolute Gasteiger partial charge is 0.493 e. The average Bonchev–Trinajstić information content (AvgIpc) is 3.59. The van der Waals surface area contributed by atoms with Crippen molar-refractivity contribution in [3.05, 3.63) is 82.5 Å². The van der Waals surface area contributed by atoms with E-state index in [1.807, 2.05) is 13.0 Å². The highest BCUT2D eigenvalue weighted by Gasteiger charge is 2.22. The van der Waals surface area contributed by atoms with Crippen molar-refractivity contribution in [2.24, 2.45) is 18.0 Å². The van der Waals surface area contributed by atoms with Crippen molar-refractivity contribution in [3.63, 3.8) is 0 Å². The van der Waals surface area contributed by atoms with Gasteiger partial charge in [-0.15, -0.1) is 4.99 Å². The van der Waals surface area contributed by atoms with Gasteiger partial charge in [-0.25, -0.2) is 9.18 Å². The molecule has 1 atom stereocenters. The van der Waals surface area contributed by atoms with E-state index in [2.05, 4.69) is 10.3 Å². The van der Waals surface area contributed by atoms with E-state index in [0.29, 0.717) is 35.9 Å². The Kier molecular flexibility index (Phi) is 7.04. The lowest BCUT2D eigenvalue weighted by atomic mass is 10.0. The molecule has 1 fully saturated rings. The van der Waals surface area contributed by atoms with Crippen molar-refractivity contribution < 1.29 is 23.8 Å². The highest BCUT2D eigenvalue weighted by molar-refractivity contribution is 5.95. The summed E-state index contributed by atoms with van der Waals surface area (Å²) >= 11 is 0. The third-order valence-electron chi connectivity index (χ3n) is 6.03. The molecule has 0 radical (unpaired) electrons. The lowest BCUT2D eigenvalue weighted by molar-refractivity contribution is 0.0939. The number of aromatic nitrogens is 2. The van der Waals surface area contributed by atoms with Gasteiger partial charge in [-0.2, -0.15) is 0 Å². The predicted molar refractivity (Wildman–Crippen MR) is 128 cm³/mol. The number of carbonyl (C=O) groups excluding carboxylic acids is 1. The van der Waals surface area contributed by atoms with Gasteiger partial charge in [0, 0.05) is 25.0 Å². The molecule has 0 spiro atoms. The SMILES string of the molecule is Cc1cc(C(C)NC(=O)c2cc(Cn3ccn(C)/c3=N\C(=O)O)cc(OCC3CC3)c2)ccc1F. The zero-order valence-electron chi connectivity index (χ0n) is 20.0. The predicted octanol–water partition coefficient (Wildman–Crippen LogP) is 4.18. The Bertz CT molecular complexity index is 1320. The Morgan fingerprint density at radius 3 is 2.69 bits per heavy atom. The fourth-order valence-corrected chi connectivity index (χ4v) is 3.83. The van der Waals surface area contributed by atoms with Crippen molar-refractivity contribution in [2.75, 3.05) is 6.61 Å². The first-order chi connectivity index (χ1) is 16.7. The van der Waals surface area contributed by atoms with E-state index in [-0.39, 0.29) is 23.4 Å². The van der Waals surface area contributed by atoms with Gasteiger partial charge in [-0.05, 0) is 73.6 Å². The molecular weight excluding hydrogens is 451 g/mol. The fourth-order valence-electron chi connectivity index (χ4n) is 3.83. The lowest BCUT2D eigenvalue weighted by Gasteiger charge is -2.17. The Balaban J connectivity index is 1.60. The van der Waals surface area contributed by atoms with Gasteiger partial charge >= 0.3 is 6.09 Å². The summed E-state index contributed by atoms with van der Waals surface area (Å²) in [6.45, 7) is 4.43. The second-order valence-electron chi connectivity index (χ2n) is 9.06. The van der Waals surface area contributed by atoms with E-state index in [9.17, 15) is 14.0 Å². The third kappa shape index (κ3) is 6.17. The number of carbonyl (C=O) groups is 2. The van der Waals surface area contributed by atoms with Crippen LogP contribution >= 0.6 is 0 Å². The summed E-state index contributed by atoms with van der Waals surface area (Å²) in [5.74, 6) is 0.552. The first-order valence-electron chi connectivity index (χ1n) is 11.5. The van der Waals surface area contributed by atoms with Crippen LogP contribution in [0.1, 0.15) is 52.9 Å². The van der Waals surface area contributed by atoms with E-state index in [1.165, 1.54) is 6.07 Å². The first-order valence-corrected chi connectivity index (χ1v) is 11.5. The van der Waals surface area contributed by atoms with Crippen LogP contribution in [-0.2, 0) is 13.6 Å². The molecule has 0 bridgehead atoms. The van der Waals surface area contributed by atoms with Crippen LogP contribution in [0.4, 0.5) is 9.18 Å². The van der Waals surface area contributed by atoms with Gasteiger partial charge in [-0.1, -0.05) is 12.1 Å². The van der Waals surface area contributed by atoms with Crippen LogP contribution in [0.3, 0.4) is 0 Å². The van der Waals surface area contributed by atoms with Crippen LogP contribution < -0.4 is 15.7 Å². The molecule has 9 heteroatoms. The molecule has 8 nitrogen and oxygen atoms in total.